The Bertz CT molecular complexity index is 202. The molecule has 6 heteroatoms. The highest BCUT2D eigenvalue weighted by Gasteiger charge is 2.15. The first kappa shape index (κ1) is 8.63. The molecule has 1 aliphatic rings. The lowest BCUT2D eigenvalue weighted by Gasteiger charge is -2.01. The molecule has 0 fully saturated rings. The van der Waals surface area contributed by atoms with Gasteiger partial charge in [-0.25, -0.2) is 0 Å². The van der Waals surface area contributed by atoms with Gasteiger partial charge in [-0.1, -0.05) is 6.92 Å². The van der Waals surface area contributed by atoms with Crippen molar-refractivity contribution in [3.63, 3.8) is 0 Å². The zero-order chi connectivity index (χ0) is 8.81. The van der Waals surface area contributed by atoms with Gasteiger partial charge in [0.05, 0.1) is 0 Å². The van der Waals surface area contributed by atoms with Crippen molar-refractivity contribution >= 4 is 12.3 Å². The molecule has 1 rings (SSSR count). The van der Waals surface area contributed by atoms with Gasteiger partial charge in [0.15, 0.2) is 5.22 Å². The largest absolute Gasteiger partial charge is 0.438 e. The van der Waals surface area contributed by atoms with Gasteiger partial charge in [0.1, 0.15) is 5.11 Å². The Morgan fingerprint density at radius 3 is 3.17 bits per heavy atom. The molecule has 65 valence electrons. The molecule has 0 amide bonds. The van der Waals surface area contributed by atoms with Gasteiger partial charge in [-0.3, -0.25) is 4.79 Å². The van der Waals surface area contributed by atoms with Crippen LogP contribution in [0.5, 0.6) is 0 Å². The number of rotatable bonds is 4. The summed E-state index contributed by atoms with van der Waals surface area (Å²) in [4.78, 5) is 10.8. The van der Waals surface area contributed by atoms with Crippen molar-refractivity contribution in [3.05, 3.63) is 0 Å². The van der Waals surface area contributed by atoms with Gasteiger partial charge in [0, 0.05) is 16.6 Å². The van der Waals surface area contributed by atoms with Crippen LogP contribution in [-0.2, 0) is 9.53 Å². The SMILES string of the molecule is CCCC(=O)OCN1N=NC=[N+]1. The van der Waals surface area contributed by atoms with Crippen LogP contribution in [0.3, 0.4) is 0 Å². The van der Waals surface area contributed by atoms with Crippen LogP contribution < -0.4 is 5.10 Å². The third-order valence-electron chi connectivity index (χ3n) is 1.19. The minimum atomic E-state index is -0.241. The standard InChI is InChI=1S/C6H10N4O2/c1-2-3-6(11)12-5-10-8-4-7-9-10/h4H,2-3,5H2,1H3/q+1. The quantitative estimate of drug-likeness (QED) is 0.568. The van der Waals surface area contributed by atoms with E-state index in [9.17, 15) is 4.79 Å². The zero-order valence-corrected chi connectivity index (χ0v) is 6.80. The van der Waals surface area contributed by atoms with Crippen molar-refractivity contribution in [2.45, 2.75) is 19.8 Å². The van der Waals surface area contributed by atoms with Crippen molar-refractivity contribution in [2.24, 2.45) is 10.3 Å². The van der Waals surface area contributed by atoms with Gasteiger partial charge in [0.2, 0.25) is 6.73 Å². The third kappa shape index (κ3) is 2.65. The molecule has 1 radical (unpaired) electrons. The molecule has 0 bridgehead atoms. The number of hydrogen-bond acceptors (Lipinski definition) is 6. The maximum Gasteiger partial charge on any atom is 0.329 e. The van der Waals surface area contributed by atoms with E-state index >= 15 is 0 Å². The Balaban J connectivity index is 2.12. The van der Waals surface area contributed by atoms with E-state index in [0.29, 0.717) is 6.42 Å². The Kier molecular flexibility index (Phi) is 3.18. The van der Waals surface area contributed by atoms with E-state index in [1.807, 2.05) is 6.92 Å². The molecule has 0 saturated heterocycles. The summed E-state index contributed by atoms with van der Waals surface area (Å²) in [5.41, 5.74) is 0. The smallest absolute Gasteiger partial charge is 0.329 e. The van der Waals surface area contributed by atoms with Crippen molar-refractivity contribution in [2.75, 3.05) is 6.73 Å². The van der Waals surface area contributed by atoms with Crippen molar-refractivity contribution in [3.8, 4) is 0 Å². The molecule has 6 nitrogen and oxygen atoms in total. The summed E-state index contributed by atoms with van der Waals surface area (Å²) in [6.07, 6.45) is 2.49. The first-order valence-electron chi connectivity index (χ1n) is 3.69. The highest BCUT2D eigenvalue weighted by molar-refractivity contribution is 5.69. The van der Waals surface area contributed by atoms with E-state index < -0.39 is 0 Å². The molecule has 0 atom stereocenters. The molecule has 12 heavy (non-hydrogen) atoms. The van der Waals surface area contributed by atoms with Crippen LogP contribution in [0.4, 0.5) is 0 Å². The van der Waals surface area contributed by atoms with E-state index in [2.05, 4.69) is 15.4 Å². The van der Waals surface area contributed by atoms with E-state index in [0.717, 1.165) is 6.42 Å². The Labute approximate surface area is 69.9 Å². The second-order valence-electron chi connectivity index (χ2n) is 2.20. The molecular formula is C6H10N4O2+. The fourth-order valence-corrected chi connectivity index (χ4v) is 0.654. The number of hydrogen-bond donors (Lipinski definition) is 0. The van der Waals surface area contributed by atoms with Crippen molar-refractivity contribution < 1.29 is 9.53 Å². The van der Waals surface area contributed by atoms with E-state index in [1.165, 1.54) is 11.5 Å². The number of hydrazone groups is 1. The second-order valence-corrected chi connectivity index (χ2v) is 2.20. The number of carbonyl (C=O) groups is 1. The van der Waals surface area contributed by atoms with Crippen molar-refractivity contribution in [1.82, 2.24) is 10.2 Å². The van der Waals surface area contributed by atoms with Gasteiger partial charge >= 0.3 is 12.3 Å². The first-order valence-corrected chi connectivity index (χ1v) is 3.69. The molecule has 0 aromatic carbocycles. The van der Waals surface area contributed by atoms with Crippen LogP contribution in [-0.4, -0.2) is 24.2 Å². The maximum absolute atomic E-state index is 10.8. The average molecular weight is 170 g/mol. The van der Waals surface area contributed by atoms with Gasteiger partial charge in [-0.05, 0) is 6.42 Å². The minimum Gasteiger partial charge on any atom is -0.438 e. The molecule has 0 aromatic rings. The lowest BCUT2D eigenvalue weighted by molar-refractivity contribution is -0.149. The predicted molar refractivity (Wildman–Crippen MR) is 40.8 cm³/mol. The molecule has 0 aromatic heterocycles. The van der Waals surface area contributed by atoms with Crippen LogP contribution >= 0.6 is 0 Å². The number of nitrogens with zero attached hydrogens (tertiary/aromatic N) is 4. The van der Waals surface area contributed by atoms with E-state index in [-0.39, 0.29) is 12.7 Å². The summed E-state index contributed by atoms with van der Waals surface area (Å²) < 4.78 is 4.79. The average Bonchev–Trinajstić information content (AvgIpc) is 2.53. The van der Waals surface area contributed by atoms with Crippen LogP contribution in [0, 0.1) is 0 Å². The predicted octanol–water partition coefficient (Wildman–Crippen LogP) is 0.249. The molecule has 0 spiro atoms. The van der Waals surface area contributed by atoms with Gasteiger partial charge in [-0.15, -0.1) is 0 Å². The van der Waals surface area contributed by atoms with Crippen LogP contribution in [0.15, 0.2) is 10.3 Å². The lowest BCUT2D eigenvalue weighted by atomic mass is 10.3. The lowest BCUT2D eigenvalue weighted by Crippen LogP contribution is -2.22. The fraction of sp³-hybridized carbons (Fsp3) is 0.667. The minimum absolute atomic E-state index is 0.0405. The molecule has 1 aliphatic heterocycles. The monoisotopic (exact) mass is 170 g/mol. The normalized spacial score (nSPS) is 13.9. The summed E-state index contributed by atoms with van der Waals surface area (Å²) in [6.45, 7) is 1.95. The maximum atomic E-state index is 10.8. The number of ether oxygens (including phenoxy) is 1. The van der Waals surface area contributed by atoms with Crippen molar-refractivity contribution in [1.29, 1.82) is 0 Å². The summed E-state index contributed by atoms with van der Waals surface area (Å²) in [5.74, 6) is -0.241. The van der Waals surface area contributed by atoms with Gasteiger partial charge < -0.3 is 4.74 Å². The molecule has 0 saturated carbocycles. The number of carbonyl (C=O) groups excluding carboxylic acids is 1. The second kappa shape index (κ2) is 4.42. The Hall–Kier alpha value is -1.46. The summed E-state index contributed by atoms with van der Waals surface area (Å²) in [5, 5.41) is 11.9. The molecule has 0 aliphatic carbocycles. The van der Waals surface area contributed by atoms with E-state index in [4.69, 9.17) is 4.74 Å². The Morgan fingerprint density at radius 1 is 1.75 bits per heavy atom. The fourth-order valence-electron chi connectivity index (χ4n) is 0.654. The van der Waals surface area contributed by atoms with Crippen LogP contribution in [0.1, 0.15) is 19.8 Å². The van der Waals surface area contributed by atoms with Gasteiger partial charge in [-0.2, -0.15) is 0 Å². The highest BCUT2D eigenvalue weighted by atomic mass is 16.5. The first-order chi connectivity index (χ1) is 5.83. The zero-order valence-electron chi connectivity index (χ0n) is 6.80. The van der Waals surface area contributed by atoms with Crippen LogP contribution in [0.2, 0.25) is 0 Å². The Morgan fingerprint density at radius 2 is 2.58 bits per heavy atom. The van der Waals surface area contributed by atoms with Gasteiger partial charge in [0.25, 0.3) is 0 Å². The summed E-state index contributed by atoms with van der Waals surface area (Å²) in [7, 11) is 0. The summed E-state index contributed by atoms with van der Waals surface area (Å²) >= 11 is 0. The molecular weight excluding hydrogens is 160 g/mol. The third-order valence-corrected chi connectivity index (χ3v) is 1.19. The number of esters is 1. The highest BCUT2D eigenvalue weighted by Crippen LogP contribution is 1.94. The molecule has 0 N–H and O–H groups in total. The van der Waals surface area contributed by atoms with Crippen LogP contribution in [0.25, 0.3) is 0 Å². The molecule has 1 heterocycles. The molecule has 0 unspecified atom stereocenters. The summed E-state index contributed by atoms with van der Waals surface area (Å²) in [6, 6.07) is 0. The topological polar surface area (TPSA) is 68.4 Å². The van der Waals surface area contributed by atoms with E-state index in [1.54, 1.807) is 0 Å².